The minimum absolute atomic E-state index is 0.373. The quantitative estimate of drug-likeness (QED) is 0.678. The van der Waals surface area contributed by atoms with Crippen molar-refractivity contribution in [3.05, 3.63) is 24.0 Å². The maximum atomic E-state index is 11.5. The molecule has 3 N–H and O–H groups in total. The van der Waals surface area contributed by atoms with Crippen LogP contribution in [0.15, 0.2) is 18.3 Å². The highest BCUT2D eigenvalue weighted by atomic mass is 16.4. The molecule has 82 valence electrons. The number of carbonyl (C=O) groups excluding carboxylic acids is 1. The Hall–Kier alpha value is -1.78. The molecule has 1 rings (SSSR count). The van der Waals surface area contributed by atoms with E-state index in [0.717, 1.165) is 0 Å². The summed E-state index contributed by atoms with van der Waals surface area (Å²) in [5.41, 5.74) is 0.373. The van der Waals surface area contributed by atoms with E-state index in [2.05, 4.69) is 10.3 Å². The fourth-order valence-electron chi connectivity index (χ4n) is 1.25. The van der Waals surface area contributed by atoms with Gasteiger partial charge in [0.05, 0.1) is 0 Å². The Labute approximate surface area is 87.5 Å². The highest BCUT2D eigenvalue weighted by Crippen LogP contribution is 2.00. The van der Waals surface area contributed by atoms with Gasteiger partial charge < -0.3 is 15.4 Å². The Balaban J connectivity index is 2.59. The number of aromatic amines is 1. The second-order valence-electron chi connectivity index (χ2n) is 3.24. The standard InChI is InChI=1S/C10H14N2O3/c1-2-4-8(10(14)15)12-9(13)7-5-3-6-11-7/h3,5-6,8,11H,2,4H2,1H3,(H,12,13)(H,14,15)/t8-/m1/s1. The van der Waals surface area contributed by atoms with Crippen LogP contribution >= 0.6 is 0 Å². The molecule has 5 nitrogen and oxygen atoms in total. The van der Waals surface area contributed by atoms with Gasteiger partial charge >= 0.3 is 5.97 Å². The third-order valence-electron chi connectivity index (χ3n) is 2.02. The van der Waals surface area contributed by atoms with E-state index in [-0.39, 0.29) is 5.91 Å². The molecule has 0 saturated carbocycles. The van der Waals surface area contributed by atoms with Crippen LogP contribution in [0.3, 0.4) is 0 Å². The van der Waals surface area contributed by atoms with Crippen LogP contribution < -0.4 is 5.32 Å². The number of nitrogens with one attached hydrogen (secondary N) is 2. The van der Waals surface area contributed by atoms with E-state index in [9.17, 15) is 9.59 Å². The number of aliphatic carboxylic acids is 1. The summed E-state index contributed by atoms with van der Waals surface area (Å²) < 4.78 is 0. The molecule has 1 atom stereocenters. The van der Waals surface area contributed by atoms with Gasteiger partial charge in [0.2, 0.25) is 0 Å². The molecule has 0 unspecified atom stereocenters. The summed E-state index contributed by atoms with van der Waals surface area (Å²) in [7, 11) is 0. The van der Waals surface area contributed by atoms with Crippen molar-refractivity contribution in [2.75, 3.05) is 0 Å². The molecule has 0 spiro atoms. The maximum absolute atomic E-state index is 11.5. The molecular weight excluding hydrogens is 196 g/mol. The van der Waals surface area contributed by atoms with Crippen LogP contribution in [0.5, 0.6) is 0 Å². The summed E-state index contributed by atoms with van der Waals surface area (Å²) >= 11 is 0. The third-order valence-corrected chi connectivity index (χ3v) is 2.02. The van der Waals surface area contributed by atoms with E-state index in [1.165, 1.54) is 0 Å². The van der Waals surface area contributed by atoms with E-state index < -0.39 is 12.0 Å². The molecular formula is C10H14N2O3. The van der Waals surface area contributed by atoms with Crippen molar-refractivity contribution >= 4 is 11.9 Å². The fourth-order valence-corrected chi connectivity index (χ4v) is 1.25. The van der Waals surface area contributed by atoms with Crippen LogP contribution in [0.1, 0.15) is 30.3 Å². The first-order chi connectivity index (χ1) is 7.15. The van der Waals surface area contributed by atoms with E-state index in [0.29, 0.717) is 18.5 Å². The normalized spacial score (nSPS) is 12.1. The molecule has 0 aliphatic carbocycles. The van der Waals surface area contributed by atoms with Gasteiger partial charge in [-0.2, -0.15) is 0 Å². The smallest absolute Gasteiger partial charge is 0.326 e. The van der Waals surface area contributed by atoms with Gasteiger partial charge in [0.15, 0.2) is 0 Å². The van der Waals surface area contributed by atoms with Gasteiger partial charge in [-0.05, 0) is 18.6 Å². The summed E-state index contributed by atoms with van der Waals surface area (Å²) in [6, 6.07) is 2.47. The number of H-pyrrole nitrogens is 1. The minimum Gasteiger partial charge on any atom is -0.480 e. The number of aromatic nitrogens is 1. The van der Waals surface area contributed by atoms with Crippen molar-refractivity contribution < 1.29 is 14.7 Å². The highest BCUT2D eigenvalue weighted by Gasteiger charge is 2.19. The van der Waals surface area contributed by atoms with Crippen LogP contribution in [0.2, 0.25) is 0 Å². The number of amides is 1. The molecule has 1 heterocycles. The van der Waals surface area contributed by atoms with Crippen LogP contribution in [-0.2, 0) is 4.79 Å². The summed E-state index contributed by atoms with van der Waals surface area (Å²) in [4.78, 5) is 25.0. The average molecular weight is 210 g/mol. The lowest BCUT2D eigenvalue weighted by atomic mass is 10.1. The molecule has 0 aliphatic rings. The van der Waals surface area contributed by atoms with Crippen molar-refractivity contribution in [2.24, 2.45) is 0 Å². The Morgan fingerprint density at radius 3 is 2.80 bits per heavy atom. The van der Waals surface area contributed by atoms with Crippen molar-refractivity contribution in [1.29, 1.82) is 0 Å². The van der Waals surface area contributed by atoms with E-state index >= 15 is 0 Å². The summed E-state index contributed by atoms with van der Waals surface area (Å²) in [5, 5.41) is 11.3. The molecule has 5 heteroatoms. The number of carboxylic acids is 1. The SMILES string of the molecule is CCC[C@@H](NC(=O)c1ccc[nH]1)C(=O)O. The van der Waals surface area contributed by atoms with Gasteiger partial charge in [-0.15, -0.1) is 0 Å². The Morgan fingerprint density at radius 1 is 1.60 bits per heavy atom. The number of hydrogen-bond acceptors (Lipinski definition) is 2. The zero-order chi connectivity index (χ0) is 11.3. The van der Waals surface area contributed by atoms with Crippen molar-refractivity contribution in [3.63, 3.8) is 0 Å². The first-order valence-corrected chi connectivity index (χ1v) is 4.82. The molecule has 0 bridgehead atoms. The maximum Gasteiger partial charge on any atom is 0.326 e. The monoisotopic (exact) mass is 210 g/mol. The topological polar surface area (TPSA) is 82.2 Å². The lowest BCUT2D eigenvalue weighted by Gasteiger charge is -2.12. The van der Waals surface area contributed by atoms with Crippen molar-refractivity contribution in [3.8, 4) is 0 Å². The molecule has 1 aromatic heterocycles. The zero-order valence-corrected chi connectivity index (χ0v) is 8.49. The van der Waals surface area contributed by atoms with Gasteiger partial charge in [0, 0.05) is 6.20 Å². The third kappa shape index (κ3) is 3.12. The number of rotatable bonds is 5. The lowest BCUT2D eigenvalue weighted by molar-refractivity contribution is -0.139. The van der Waals surface area contributed by atoms with Gasteiger partial charge in [0.25, 0.3) is 5.91 Å². The average Bonchev–Trinajstić information content (AvgIpc) is 2.69. The van der Waals surface area contributed by atoms with Crippen molar-refractivity contribution in [1.82, 2.24) is 10.3 Å². The molecule has 0 radical (unpaired) electrons. The molecule has 1 amide bonds. The predicted molar refractivity (Wildman–Crippen MR) is 54.6 cm³/mol. The number of carbonyl (C=O) groups is 2. The second-order valence-corrected chi connectivity index (χ2v) is 3.24. The molecule has 0 aliphatic heterocycles. The highest BCUT2D eigenvalue weighted by molar-refractivity contribution is 5.94. The molecule has 0 aromatic carbocycles. The van der Waals surface area contributed by atoms with Gasteiger partial charge in [-0.25, -0.2) is 4.79 Å². The lowest BCUT2D eigenvalue weighted by Crippen LogP contribution is -2.40. The van der Waals surface area contributed by atoms with Crippen molar-refractivity contribution in [2.45, 2.75) is 25.8 Å². The summed E-state index contributed by atoms with van der Waals surface area (Å²) in [6.07, 6.45) is 2.76. The van der Waals surface area contributed by atoms with Crippen LogP contribution in [-0.4, -0.2) is 28.0 Å². The first kappa shape index (κ1) is 11.3. The minimum atomic E-state index is -1.00. The molecule has 15 heavy (non-hydrogen) atoms. The number of carboxylic acid groups (broad SMARTS) is 1. The first-order valence-electron chi connectivity index (χ1n) is 4.82. The van der Waals surface area contributed by atoms with E-state index in [1.807, 2.05) is 6.92 Å². The zero-order valence-electron chi connectivity index (χ0n) is 8.49. The largest absolute Gasteiger partial charge is 0.480 e. The Bertz CT molecular complexity index is 332. The Morgan fingerprint density at radius 2 is 2.33 bits per heavy atom. The van der Waals surface area contributed by atoms with E-state index in [4.69, 9.17) is 5.11 Å². The molecule has 1 aromatic rings. The van der Waals surface area contributed by atoms with Crippen LogP contribution in [0.25, 0.3) is 0 Å². The van der Waals surface area contributed by atoms with Gasteiger partial charge in [-0.3, -0.25) is 4.79 Å². The van der Waals surface area contributed by atoms with E-state index in [1.54, 1.807) is 18.3 Å². The van der Waals surface area contributed by atoms with Crippen LogP contribution in [0.4, 0.5) is 0 Å². The molecule has 0 saturated heterocycles. The Kier molecular flexibility index (Phi) is 3.91. The second kappa shape index (κ2) is 5.19. The summed E-state index contributed by atoms with van der Waals surface area (Å²) in [5.74, 6) is -1.39. The summed E-state index contributed by atoms with van der Waals surface area (Å²) in [6.45, 7) is 1.87. The molecule has 0 fully saturated rings. The van der Waals surface area contributed by atoms with Gasteiger partial charge in [0.1, 0.15) is 11.7 Å². The number of hydrogen-bond donors (Lipinski definition) is 3. The fraction of sp³-hybridized carbons (Fsp3) is 0.400. The predicted octanol–water partition coefficient (Wildman–Crippen LogP) is 0.998. The van der Waals surface area contributed by atoms with Crippen LogP contribution in [0, 0.1) is 0 Å². The van der Waals surface area contributed by atoms with Gasteiger partial charge in [-0.1, -0.05) is 13.3 Å².